The van der Waals surface area contributed by atoms with Crippen LogP contribution in [0, 0.1) is 11.3 Å². The van der Waals surface area contributed by atoms with Gasteiger partial charge in [-0.25, -0.2) is 0 Å². The molecule has 0 aromatic heterocycles. The fraction of sp³-hybridized carbons (Fsp3) is 0.0714. The van der Waals surface area contributed by atoms with Crippen LogP contribution in [-0.2, 0) is 0 Å². The molecule has 0 heterocycles. The summed E-state index contributed by atoms with van der Waals surface area (Å²) in [7, 11) is 0. The van der Waals surface area contributed by atoms with E-state index in [4.69, 9.17) is 5.26 Å². The van der Waals surface area contributed by atoms with Crippen molar-refractivity contribution in [1.82, 2.24) is 0 Å². The third-order valence-electron chi connectivity index (χ3n) is 2.08. The molecule has 0 aliphatic heterocycles. The van der Waals surface area contributed by atoms with Crippen LogP contribution in [0.1, 0.15) is 12.5 Å². The van der Waals surface area contributed by atoms with E-state index in [-0.39, 0.29) is 0 Å². The van der Waals surface area contributed by atoms with Crippen molar-refractivity contribution in [2.24, 2.45) is 0 Å². The lowest BCUT2D eigenvalue weighted by Gasteiger charge is -2.01. The van der Waals surface area contributed by atoms with E-state index in [1.807, 2.05) is 43.3 Å². The molecule has 0 fully saturated rings. The Hall–Kier alpha value is -2.07. The molecule has 0 spiro atoms. The van der Waals surface area contributed by atoms with Crippen molar-refractivity contribution in [3.05, 3.63) is 66.3 Å². The minimum absolute atomic E-state index is 0.647. The molecule has 1 rings (SSSR count). The Kier molecular flexibility index (Phi) is 4.12. The molecule has 0 unspecified atom stereocenters. The quantitative estimate of drug-likeness (QED) is 0.532. The first-order chi connectivity index (χ1) is 7.31. The molecule has 0 bridgehead atoms. The maximum absolute atomic E-state index is 8.82. The van der Waals surface area contributed by atoms with E-state index in [2.05, 4.69) is 12.6 Å². The van der Waals surface area contributed by atoms with Gasteiger partial charge in [0.2, 0.25) is 0 Å². The van der Waals surface area contributed by atoms with Gasteiger partial charge in [-0.1, -0.05) is 49.1 Å². The Morgan fingerprint density at radius 3 is 2.47 bits per heavy atom. The number of nitriles is 1. The first kappa shape index (κ1) is 11.0. The molecule has 74 valence electrons. The summed E-state index contributed by atoms with van der Waals surface area (Å²) in [6.45, 7) is 5.60. The van der Waals surface area contributed by atoms with Crippen LogP contribution in [0.15, 0.2) is 60.7 Å². The average Bonchev–Trinajstić information content (AvgIpc) is 2.32. The van der Waals surface area contributed by atoms with Gasteiger partial charge < -0.3 is 0 Å². The predicted molar refractivity (Wildman–Crippen MR) is 64.0 cm³/mol. The van der Waals surface area contributed by atoms with E-state index in [1.165, 1.54) is 0 Å². The van der Waals surface area contributed by atoms with E-state index in [0.29, 0.717) is 5.57 Å². The lowest BCUT2D eigenvalue weighted by molar-refractivity contribution is 1.48. The Morgan fingerprint density at radius 2 is 2.00 bits per heavy atom. The standard InChI is InChI=1S/C14H13N/c1-3-12(11-15)10-13(4-2)14-8-6-5-7-9-14/h3-10H,2H2,1H3/b12-3+,13-10+. The van der Waals surface area contributed by atoms with E-state index >= 15 is 0 Å². The molecule has 15 heavy (non-hydrogen) atoms. The highest BCUT2D eigenvalue weighted by Crippen LogP contribution is 2.16. The predicted octanol–water partition coefficient (Wildman–Crippen LogP) is 3.73. The third-order valence-corrected chi connectivity index (χ3v) is 2.08. The first-order valence-electron chi connectivity index (χ1n) is 4.77. The number of allylic oxidation sites excluding steroid dienone is 5. The van der Waals surface area contributed by atoms with Crippen LogP contribution < -0.4 is 0 Å². The third kappa shape index (κ3) is 2.96. The van der Waals surface area contributed by atoms with Gasteiger partial charge in [-0.05, 0) is 24.1 Å². The van der Waals surface area contributed by atoms with Gasteiger partial charge in [-0.2, -0.15) is 5.26 Å². The summed E-state index contributed by atoms with van der Waals surface area (Å²) in [6, 6.07) is 12.0. The monoisotopic (exact) mass is 195 g/mol. The SMILES string of the molecule is C=C/C(=C\C(C#N)=C/C)c1ccccc1. The maximum Gasteiger partial charge on any atom is 0.0988 e. The molecule has 0 aliphatic carbocycles. The Bertz CT molecular complexity index is 430. The van der Waals surface area contributed by atoms with Crippen LogP contribution in [0.25, 0.3) is 5.57 Å². The Balaban J connectivity index is 3.11. The maximum atomic E-state index is 8.82. The smallest absolute Gasteiger partial charge is 0.0988 e. The Labute approximate surface area is 90.7 Å². The topological polar surface area (TPSA) is 23.8 Å². The van der Waals surface area contributed by atoms with Gasteiger partial charge in [0.25, 0.3) is 0 Å². The number of nitrogens with zero attached hydrogens (tertiary/aromatic N) is 1. The number of benzene rings is 1. The van der Waals surface area contributed by atoms with Crippen molar-refractivity contribution in [1.29, 1.82) is 5.26 Å². The van der Waals surface area contributed by atoms with Crippen molar-refractivity contribution in [3.8, 4) is 6.07 Å². The molecule has 0 amide bonds. The molecular formula is C14H13N. The fourth-order valence-electron chi connectivity index (χ4n) is 1.24. The van der Waals surface area contributed by atoms with Gasteiger partial charge in [0, 0.05) is 5.57 Å². The minimum Gasteiger partial charge on any atom is -0.192 e. The van der Waals surface area contributed by atoms with E-state index in [1.54, 1.807) is 12.2 Å². The zero-order valence-corrected chi connectivity index (χ0v) is 8.77. The van der Waals surface area contributed by atoms with E-state index in [0.717, 1.165) is 11.1 Å². The summed E-state index contributed by atoms with van der Waals surface area (Å²) >= 11 is 0. The second-order valence-corrected chi connectivity index (χ2v) is 3.03. The zero-order chi connectivity index (χ0) is 11.1. The summed E-state index contributed by atoms with van der Waals surface area (Å²) in [5.74, 6) is 0. The number of rotatable bonds is 3. The van der Waals surface area contributed by atoms with Gasteiger partial charge in [0.05, 0.1) is 6.07 Å². The first-order valence-corrected chi connectivity index (χ1v) is 4.77. The van der Waals surface area contributed by atoms with Crippen LogP contribution in [0.5, 0.6) is 0 Å². The average molecular weight is 195 g/mol. The molecule has 0 saturated heterocycles. The van der Waals surface area contributed by atoms with Crippen molar-refractivity contribution in [2.75, 3.05) is 0 Å². The fourth-order valence-corrected chi connectivity index (χ4v) is 1.24. The normalized spacial score (nSPS) is 12.0. The van der Waals surface area contributed by atoms with Crippen LogP contribution in [0.2, 0.25) is 0 Å². The van der Waals surface area contributed by atoms with Crippen LogP contribution in [0.3, 0.4) is 0 Å². The van der Waals surface area contributed by atoms with Gasteiger partial charge in [0.15, 0.2) is 0 Å². The highest BCUT2D eigenvalue weighted by molar-refractivity contribution is 5.76. The molecule has 0 radical (unpaired) electrons. The summed E-state index contributed by atoms with van der Waals surface area (Å²) in [5, 5.41) is 8.82. The summed E-state index contributed by atoms with van der Waals surface area (Å²) in [6.07, 6.45) is 5.38. The molecule has 0 atom stereocenters. The summed E-state index contributed by atoms with van der Waals surface area (Å²) < 4.78 is 0. The molecule has 1 nitrogen and oxygen atoms in total. The van der Waals surface area contributed by atoms with Gasteiger partial charge in [0.1, 0.15) is 0 Å². The lowest BCUT2D eigenvalue weighted by atomic mass is 10.0. The van der Waals surface area contributed by atoms with Crippen LogP contribution >= 0.6 is 0 Å². The molecule has 1 aromatic carbocycles. The molecular weight excluding hydrogens is 182 g/mol. The van der Waals surface area contributed by atoms with Crippen molar-refractivity contribution < 1.29 is 0 Å². The van der Waals surface area contributed by atoms with Gasteiger partial charge in [-0.15, -0.1) is 0 Å². The van der Waals surface area contributed by atoms with Gasteiger partial charge >= 0.3 is 0 Å². The molecule has 0 N–H and O–H groups in total. The molecule has 0 saturated carbocycles. The Morgan fingerprint density at radius 1 is 1.33 bits per heavy atom. The highest BCUT2D eigenvalue weighted by Gasteiger charge is 1.97. The van der Waals surface area contributed by atoms with Crippen molar-refractivity contribution in [2.45, 2.75) is 6.92 Å². The molecule has 1 aromatic rings. The minimum atomic E-state index is 0.647. The summed E-state index contributed by atoms with van der Waals surface area (Å²) in [5.41, 5.74) is 2.68. The molecule has 1 heteroatoms. The van der Waals surface area contributed by atoms with Crippen molar-refractivity contribution >= 4 is 5.57 Å². The molecule has 0 aliphatic rings. The second-order valence-electron chi connectivity index (χ2n) is 3.03. The van der Waals surface area contributed by atoms with Crippen molar-refractivity contribution in [3.63, 3.8) is 0 Å². The van der Waals surface area contributed by atoms with Crippen LogP contribution in [-0.4, -0.2) is 0 Å². The summed E-state index contributed by atoms with van der Waals surface area (Å²) in [4.78, 5) is 0. The second kappa shape index (κ2) is 5.62. The zero-order valence-electron chi connectivity index (χ0n) is 8.77. The van der Waals surface area contributed by atoms with Crippen LogP contribution in [0.4, 0.5) is 0 Å². The number of hydrogen-bond donors (Lipinski definition) is 0. The number of hydrogen-bond acceptors (Lipinski definition) is 1. The lowest BCUT2D eigenvalue weighted by Crippen LogP contribution is -1.81. The largest absolute Gasteiger partial charge is 0.192 e. The highest BCUT2D eigenvalue weighted by atomic mass is 14.2. The van der Waals surface area contributed by atoms with E-state index in [9.17, 15) is 0 Å². The van der Waals surface area contributed by atoms with Gasteiger partial charge in [-0.3, -0.25) is 0 Å². The van der Waals surface area contributed by atoms with E-state index < -0.39 is 0 Å².